The van der Waals surface area contributed by atoms with Crippen LogP contribution in [-0.4, -0.2) is 22.2 Å². The fraction of sp³-hybridized carbons (Fsp3) is 0.538. The third kappa shape index (κ3) is 5.85. The van der Waals surface area contributed by atoms with Crippen molar-refractivity contribution in [2.24, 2.45) is 0 Å². The zero-order chi connectivity index (χ0) is 11.1. The highest BCUT2D eigenvalue weighted by molar-refractivity contribution is 7.99. The molecule has 0 heterocycles. The average Bonchev–Trinajstić information content (AvgIpc) is 2.25. The summed E-state index contributed by atoms with van der Waals surface area (Å²) in [5.41, 5.74) is 1.31. The predicted molar refractivity (Wildman–Crippen MR) is 68.4 cm³/mol. The number of aliphatic hydroxyl groups excluding tert-OH is 1. The van der Waals surface area contributed by atoms with Gasteiger partial charge in [-0.15, -0.1) is 0 Å². The molecule has 15 heavy (non-hydrogen) atoms. The maximum absolute atomic E-state index is 9.74. The summed E-state index contributed by atoms with van der Waals surface area (Å²) < 4.78 is 0. The SMILES string of the molecule is CC(C)SCC(O)CCc1ccccc1. The Morgan fingerprint density at radius 3 is 2.47 bits per heavy atom. The average molecular weight is 224 g/mol. The second kappa shape index (κ2) is 6.91. The standard InChI is InChI=1S/C13H20OS/c1-11(2)15-10-13(14)9-8-12-6-4-3-5-7-12/h3-7,11,13-14H,8-10H2,1-2H3. The molecule has 0 saturated carbocycles. The Morgan fingerprint density at radius 1 is 1.20 bits per heavy atom. The molecule has 0 aliphatic carbocycles. The van der Waals surface area contributed by atoms with Crippen LogP contribution in [0.5, 0.6) is 0 Å². The first-order valence-electron chi connectivity index (χ1n) is 5.52. The molecule has 0 radical (unpaired) electrons. The summed E-state index contributed by atoms with van der Waals surface area (Å²) in [6, 6.07) is 10.3. The molecule has 1 aromatic rings. The summed E-state index contributed by atoms with van der Waals surface area (Å²) >= 11 is 1.82. The summed E-state index contributed by atoms with van der Waals surface area (Å²) in [4.78, 5) is 0. The smallest absolute Gasteiger partial charge is 0.0633 e. The Hall–Kier alpha value is -0.470. The quantitative estimate of drug-likeness (QED) is 0.801. The molecule has 1 atom stereocenters. The minimum Gasteiger partial charge on any atom is -0.392 e. The van der Waals surface area contributed by atoms with E-state index in [4.69, 9.17) is 0 Å². The van der Waals surface area contributed by atoms with Crippen molar-refractivity contribution in [3.63, 3.8) is 0 Å². The summed E-state index contributed by atoms with van der Waals surface area (Å²) in [6.45, 7) is 4.32. The highest BCUT2D eigenvalue weighted by Gasteiger charge is 2.05. The van der Waals surface area contributed by atoms with Crippen molar-refractivity contribution in [2.75, 3.05) is 5.75 Å². The number of benzene rings is 1. The van der Waals surface area contributed by atoms with Crippen LogP contribution >= 0.6 is 11.8 Å². The molecular formula is C13H20OS. The molecule has 0 bridgehead atoms. The van der Waals surface area contributed by atoms with Crippen LogP contribution in [0.3, 0.4) is 0 Å². The maximum atomic E-state index is 9.74. The fourth-order valence-corrected chi connectivity index (χ4v) is 2.14. The molecule has 1 aromatic carbocycles. The Balaban J connectivity index is 2.19. The molecule has 0 fully saturated rings. The molecule has 1 N–H and O–H groups in total. The lowest BCUT2D eigenvalue weighted by Gasteiger charge is -2.11. The number of hydrogen-bond donors (Lipinski definition) is 1. The van der Waals surface area contributed by atoms with Crippen LogP contribution < -0.4 is 0 Å². The number of hydrogen-bond acceptors (Lipinski definition) is 2. The number of aryl methyl sites for hydroxylation is 1. The fourth-order valence-electron chi connectivity index (χ4n) is 1.36. The van der Waals surface area contributed by atoms with Crippen LogP contribution in [0.2, 0.25) is 0 Å². The van der Waals surface area contributed by atoms with E-state index < -0.39 is 0 Å². The second-order valence-corrected chi connectivity index (χ2v) is 5.67. The zero-order valence-electron chi connectivity index (χ0n) is 9.52. The zero-order valence-corrected chi connectivity index (χ0v) is 10.3. The van der Waals surface area contributed by atoms with Gasteiger partial charge in [-0.25, -0.2) is 0 Å². The highest BCUT2D eigenvalue weighted by Crippen LogP contribution is 2.13. The molecule has 0 amide bonds. The topological polar surface area (TPSA) is 20.2 Å². The van der Waals surface area contributed by atoms with Gasteiger partial charge in [0.1, 0.15) is 0 Å². The van der Waals surface area contributed by atoms with Crippen molar-refractivity contribution < 1.29 is 5.11 Å². The molecule has 1 nitrogen and oxygen atoms in total. The van der Waals surface area contributed by atoms with Gasteiger partial charge in [0.25, 0.3) is 0 Å². The van der Waals surface area contributed by atoms with Gasteiger partial charge >= 0.3 is 0 Å². The van der Waals surface area contributed by atoms with Gasteiger partial charge in [-0.3, -0.25) is 0 Å². The largest absolute Gasteiger partial charge is 0.392 e. The van der Waals surface area contributed by atoms with E-state index in [0.717, 1.165) is 18.6 Å². The van der Waals surface area contributed by atoms with E-state index >= 15 is 0 Å². The highest BCUT2D eigenvalue weighted by atomic mass is 32.2. The third-order valence-corrected chi connectivity index (χ3v) is 3.47. The Morgan fingerprint density at radius 2 is 1.87 bits per heavy atom. The molecule has 0 aromatic heterocycles. The van der Waals surface area contributed by atoms with Gasteiger partial charge < -0.3 is 5.11 Å². The lowest BCUT2D eigenvalue weighted by atomic mass is 10.1. The lowest BCUT2D eigenvalue weighted by molar-refractivity contribution is 0.189. The second-order valence-electron chi connectivity index (χ2n) is 4.06. The van der Waals surface area contributed by atoms with Gasteiger partial charge in [0.2, 0.25) is 0 Å². The summed E-state index contributed by atoms with van der Waals surface area (Å²) in [7, 11) is 0. The molecule has 0 spiro atoms. The van der Waals surface area contributed by atoms with Crippen molar-refractivity contribution in [1.82, 2.24) is 0 Å². The summed E-state index contributed by atoms with van der Waals surface area (Å²) in [6.07, 6.45) is 1.67. The molecule has 1 unspecified atom stereocenters. The monoisotopic (exact) mass is 224 g/mol. The van der Waals surface area contributed by atoms with Gasteiger partial charge in [0, 0.05) is 5.75 Å². The molecule has 2 heteroatoms. The van der Waals surface area contributed by atoms with Crippen LogP contribution in [-0.2, 0) is 6.42 Å². The van der Waals surface area contributed by atoms with Crippen LogP contribution in [0.25, 0.3) is 0 Å². The third-order valence-electron chi connectivity index (χ3n) is 2.23. The van der Waals surface area contributed by atoms with Crippen molar-refractivity contribution in [1.29, 1.82) is 0 Å². The van der Waals surface area contributed by atoms with E-state index in [1.165, 1.54) is 5.56 Å². The van der Waals surface area contributed by atoms with Gasteiger partial charge in [0.15, 0.2) is 0 Å². The van der Waals surface area contributed by atoms with Crippen LogP contribution in [0.15, 0.2) is 30.3 Å². The summed E-state index contributed by atoms with van der Waals surface area (Å²) in [5, 5.41) is 10.3. The molecule has 84 valence electrons. The molecule has 1 rings (SSSR count). The molecular weight excluding hydrogens is 204 g/mol. The predicted octanol–water partition coefficient (Wildman–Crippen LogP) is 3.12. The first kappa shape index (κ1) is 12.6. The van der Waals surface area contributed by atoms with E-state index in [0.29, 0.717) is 5.25 Å². The van der Waals surface area contributed by atoms with E-state index in [9.17, 15) is 5.11 Å². The van der Waals surface area contributed by atoms with Crippen molar-refractivity contribution >= 4 is 11.8 Å². The van der Waals surface area contributed by atoms with Crippen molar-refractivity contribution in [2.45, 2.75) is 38.0 Å². The minimum atomic E-state index is -0.169. The number of aliphatic hydroxyl groups is 1. The van der Waals surface area contributed by atoms with Gasteiger partial charge in [0.05, 0.1) is 6.10 Å². The number of rotatable bonds is 6. The lowest BCUT2D eigenvalue weighted by Crippen LogP contribution is -2.12. The van der Waals surface area contributed by atoms with Crippen molar-refractivity contribution in [3.05, 3.63) is 35.9 Å². The molecule has 0 saturated heterocycles. The molecule has 0 aliphatic heterocycles. The van der Waals surface area contributed by atoms with Gasteiger partial charge in [-0.05, 0) is 23.7 Å². The first-order valence-corrected chi connectivity index (χ1v) is 6.57. The first-order chi connectivity index (χ1) is 7.18. The van der Waals surface area contributed by atoms with Crippen LogP contribution in [0.1, 0.15) is 25.8 Å². The van der Waals surface area contributed by atoms with E-state index in [1.807, 2.05) is 30.0 Å². The van der Waals surface area contributed by atoms with E-state index in [-0.39, 0.29) is 6.10 Å². The Kier molecular flexibility index (Phi) is 5.81. The maximum Gasteiger partial charge on any atom is 0.0633 e. The van der Waals surface area contributed by atoms with Crippen molar-refractivity contribution in [3.8, 4) is 0 Å². The van der Waals surface area contributed by atoms with Crippen LogP contribution in [0, 0.1) is 0 Å². The van der Waals surface area contributed by atoms with E-state index in [1.54, 1.807) is 0 Å². The van der Waals surface area contributed by atoms with Gasteiger partial charge in [-0.1, -0.05) is 44.2 Å². The van der Waals surface area contributed by atoms with Crippen LogP contribution in [0.4, 0.5) is 0 Å². The minimum absolute atomic E-state index is 0.169. The molecule has 0 aliphatic rings. The van der Waals surface area contributed by atoms with E-state index in [2.05, 4.69) is 26.0 Å². The Labute approximate surface area is 96.9 Å². The summed E-state index contributed by atoms with van der Waals surface area (Å²) in [5.74, 6) is 0.852. The number of thioether (sulfide) groups is 1. The Bertz CT molecular complexity index is 258. The van der Waals surface area contributed by atoms with Gasteiger partial charge in [-0.2, -0.15) is 11.8 Å². The normalized spacial score (nSPS) is 13.1.